The monoisotopic (exact) mass is 302 g/mol. The Balaban J connectivity index is 2.16. The Bertz CT molecular complexity index is 565. The lowest BCUT2D eigenvalue weighted by atomic mass is 9.85. The van der Waals surface area contributed by atoms with Gasteiger partial charge in [-0.1, -0.05) is 17.8 Å². The summed E-state index contributed by atoms with van der Waals surface area (Å²) in [5.74, 6) is -0.166. The highest BCUT2D eigenvalue weighted by atomic mass is 32.2. The maximum Gasteiger partial charge on any atom is 0.179 e. The van der Waals surface area contributed by atoms with Gasteiger partial charge in [-0.25, -0.2) is 8.42 Å². The molecule has 0 aromatic carbocycles. The van der Waals surface area contributed by atoms with Gasteiger partial charge in [0, 0.05) is 12.2 Å². The van der Waals surface area contributed by atoms with E-state index in [1.54, 1.807) is 0 Å². The lowest BCUT2D eigenvalue weighted by Gasteiger charge is -2.26. The summed E-state index contributed by atoms with van der Waals surface area (Å²) in [6.07, 6.45) is 4.62. The van der Waals surface area contributed by atoms with Crippen LogP contribution < -0.4 is 0 Å². The van der Waals surface area contributed by atoms with Crippen LogP contribution in [0.1, 0.15) is 48.0 Å². The van der Waals surface area contributed by atoms with E-state index in [4.69, 9.17) is 0 Å². The number of carbonyl (C=O) groups excluding carboxylic acids is 1. The summed E-state index contributed by atoms with van der Waals surface area (Å²) in [6.45, 7) is 1.94. The van der Waals surface area contributed by atoms with Gasteiger partial charge in [0.2, 0.25) is 0 Å². The van der Waals surface area contributed by atoms with Crippen LogP contribution in [-0.4, -0.2) is 35.3 Å². The molecule has 2 atom stereocenters. The average molecular weight is 302 g/mol. The van der Waals surface area contributed by atoms with E-state index in [9.17, 15) is 13.2 Å². The highest BCUT2D eigenvalue weighted by Gasteiger charge is 2.34. The predicted octanol–water partition coefficient (Wildman–Crippen LogP) is 1.89. The Kier molecular flexibility index (Phi) is 4.35. The predicted molar refractivity (Wildman–Crippen MR) is 74.2 cm³/mol. The van der Waals surface area contributed by atoms with Crippen molar-refractivity contribution in [3.8, 4) is 0 Å². The molecule has 1 fully saturated rings. The standard InChI is InChI=1S/C12H18N2O3S2/c1-3-10-12(18-14-13-10)11(15)8-5-4-6-9(7-8)19(2,16)17/h8-9H,3-7H2,1-2H3. The Morgan fingerprint density at radius 1 is 1.42 bits per heavy atom. The van der Waals surface area contributed by atoms with Crippen molar-refractivity contribution in [2.75, 3.05) is 6.26 Å². The fourth-order valence-electron chi connectivity index (χ4n) is 2.58. The zero-order valence-electron chi connectivity index (χ0n) is 11.1. The molecule has 0 spiro atoms. The van der Waals surface area contributed by atoms with Crippen molar-refractivity contribution >= 4 is 27.2 Å². The van der Waals surface area contributed by atoms with Gasteiger partial charge in [-0.15, -0.1) is 5.10 Å². The van der Waals surface area contributed by atoms with Crippen molar-refractivity contribution in [2.24, 2.45) is 5.92 Å². The number of Topliss-reactive ketones (excluding diaryl/α,β-unsaturated/α-hetero) is 1. The summed E-state index contributed by atoms with van der Waals surface area (Å²) in [6, 6.07) is 0. The van der Waals surface area contributed by atoms with Gasteiger partial charge in [0.15, 0.2) is 5.78 Å². The molecule has 1 heterocycles. The van der Waals surface area contributed by atoms with Gasteiger partial charge in [-0.2, -0.15) is 0 Å². The first kappa shape index (κ1) is 14.6. The third kappa shape index (κ3) is 3.20. The molecule has 0 saturated heterocycles. The summed E-state index contributed by atoms with van der Waals surface area (Å²) in [4.78, 5) is 13.1. The molecule has 7 heteroatoms. The summed E-state index contributed by atoms with van der Waals surface area (Å²) < 4.78 is 27.1. The molecule has 1 aromatic rings. The zero-order chi connectivity index (χ0) is 14.0. The lowest BCUT2D eigenvalue weighted by Crippen LogP contribution is -2.31. The molecule has 5 nitrogen and oxygen atoms in total. The van der Waals surface area contributed by atoms with Crippen molar-refractivity contribution < 1.29 is 13.2 Å². The summed E-state index contributed by atoms with van der Waals surface area (Å²) in [7, 11) is -3.06. The van der Waals surface area contributed by atoms with Gasteiger partial charge >= 0.3 is 0 Å². The van der Waals surface area contributed by atoms with Gasteiger partial charge in [-0.3, -0.25) is 4.79 Å². The minimum absolute atomic E-state index is 0.0280. The van der Waals surface area contributed by atoms with Crippen LogP contribution in [0.4, 0.5) is 0 Å². The second-order valence-electron chi connectivity index (χ2n) is 5.08. The van der Waals surface area contributed by atoms with Crippen molar-refractivity contribution in [1.29, 1.82) is 0 Å². The third-order valence-electron chi connectivity index (χ3n) is 3.72. The van der Waals surface area contributed by atoms with E-state index in [1.807, 2.05) is 6.92 Å². The SMILES string of the molecule is CCc1nnsc1C(=O)C1CCCC(S(C)(=O)=O)C1. The maximum atomic E-state index is 12.4. The third-order valence-corrected chi connectivity index (χ3v) is 6.14. The molecule has 0 bridgehead atoms. The second kappa shape index (κ2) is 5.66. The van der Waals surface area contributed by atoms with E-state index in [2.05, 4.69) is 9.59 Å². The maximum absolute atomic E-state index is 12.4. The Morgan fingerprint density at radius 2 is 2.16 bits per heavy atom. The summed E-state index contributed by atoms with van der Waals surface area (Å²) in [5, 5.41) is 3.57. The van der Waals surface area contributed by atoms with Crippen molar-refractivity contribution in [1.82, 2.24) is 9.59 Å². The lowest BCUT2D eigenvalue weighted by molar-refractivity contribution is 0.0894. The molecule has 19 heavy (non-hydrogen) atoms. The van der Waals surface area contributed by atoms with Crippen LogP contribution in [-0.2, 0) is 16.3 Å². The highest BCUT2D eigenvalue weighted by molar-refractivity contribution is 7.91. The van der Waals surface area contributed by atoms with Crippen molar-refractivity contribution in [2.45, 2.75) is 44.3 Å². The molecule has 0 aliphatic heterocycles. The van der Waals surface area contributed by atoms with Gasteiger partial charge in [-0.05, 0) is 37.2 Å². The molecule has 2 unspecified atom stereocenters. The molecule has 0 N–H and O–H groups in total. The first-order valence-electron chi connectivity index (χ1n) is 6.47. The van der Waals surface area contributed by atoms with Crippen LogP contribution >= 0.6 is 11.5 Å². The number of rotatable bonds is 4. The minimum Gasteiger partial charge on any atom is -0.293 e. The number of nitrogens with zero attached hydrogens (tertiary/aromatic N) is 2. The molecule has 1 aromatic heterocycles. The molecule has 106 valence electrons. The van der Waals surface area contributed by atoms with E-state index in [-0.39, 0.29) is 17.0 Å². The number of sulfone groups is 1. The smallest absolute Gasteiger partial charge is 0.179 e. The first-order valence-corrected chi connectivity index (χ1v) is 9.20. The largest absolute Gasteiger partial charge is 0.293 e. The zero-order valence-corrected chi connectivity index (χ0v) is 12.8. The fourth-order valence-corrected chi connectivity index (χ4v) is 4.53. The second-order valence-corrected chi connectivity index (χ2v) is 8.16. The van der Waals surface area contributed by atoms with Crippen LogP contribution in [0.15, 0.2) is 0 Å². The molecular formula is C12H18N2O3S2. The van der Waals surface area contributed by atoms with Crippen LogP contribution in [0, 0.1) is 5.92 Å². The first-order chi connectivity index (χ1) is 8.93. The molecule has 0 amide bonds. The van der Waals surface area contributed by atoms with E-state index >= 15 is 0 Å². The highest BCUT2D eigenvalue weighted by Crippen LogP contribution is 2.32. The number of aromatic nitrogens is 2. The normalized spacial score (nSPS) is 24.3. The van der Waals surface area contributed by atoms with Crippen LogP contribution in [0.2, 0.25) is 0 Å². The summed E-state index contributed by atoms with van der Waals surface area (Å²) in [5.41, 5.74) is 0.733. The number of aryl methyl sites for hydroxylation is 1. The van der Waals surface area contributed by atoms with Gasteiger partial charge < -0.3 is 0 Å². The topological polar surface area (TPSA) is 77.0 Å². The fraction of sp³-hybridized carbons (Fsp3) is 0.750. The molecule has 1 aliphatic carbocycles. The van der Waals surface area contributed by atoms with Crippen molar-refractivity contribution in [3.05, 3.63) is 10.6 Å². The number of hydrogen-bond acceptors (Lipinski definition) is 6. The van der Waals surface area contributed by atoms with E-state index in [0.717, 1.165) is 30.1 Å². The van der Waals surface area contributed by atoms with E-state index in [0.29, 0.717) is 24.1 Å². The summed E-state index contributed by atoms with van der Waals surface area (Å²) >= 11 is 1.12. The van der Waals surface area contributed by atoms with Crippen molar-refractivity contribution in [3.63, 3.8) is 0 Å². The molecule has 0 radical (unpaired) electrons. The van der Waals surface area contributed by atoms with Crippen LogP contribution in [0.3, 0.4) is 0 Å². The molecule has 1 saturated carbocycles. The molecule has 1 aliphatic rings. The number of carbonyl (C=O) groups is 1. The Hall–Kier alpha value is -0.820. The van der Waals surface area contributed by atoms with E-state index < -0.39 is 9.84 Å². The van der Waals surface area contributed by atoms with Gasteiger partial charge in [0.25, 0.3) is 0 Å². The van der Waals surface area contributed by atoms with Crippen LogP contribution in [0.5, 0.6) is 0 Å². The van der Waals surface area contributed by atoms with Gasteiger partial charge in [0.1, 0.15) is 14.7 Å². The van der Waals surface area contributed by atoms with E-state index in [1.165, 1.54) is 6.26 Å². The molecular weight excluding hydrogens is 284 g/mol. The minimum atomic E-state index is -3.06. The number of hydrogen-bond donors (Lipinski definition) is 0. The Labute approximate surface area is 117 Å². The number of ketones is 1. The average Bonchev–Trinajstić information content (AvgIpc) is 2.85. The quantitative estimate of drug-likeness (QED) is 0.794. The van der Waals surface area contributed by atoms with Gasteiger partial charge in [0.05, 0.1) is 10.9 Å². The Morgan fingerprint density at radius 3 is 2.79 bits per heavy atom. The molecule has 2 rings (SSSR count). The van der Waals surface area contributed by atoms with Crippen LogP contribution in [0.25, 0.3) is 0 Å².